The highest BCUT2D eigenvalue weighted by Gasteiger charge is 2.31. The predicted molar refractivity (Wildman–Crippen MR) is 112 cm³/mol. The van der Waals surface area contributed by atoms with Gasteiger partial charge in [0.15, 0.2) is 17.0 Å². The van der Waals surface area contributed by atoms with Gasteiger partial charge >= 0.3 is 0 Å². The van der Waals surface area contributed by atoms with Crippen LogP contribution in [0.25, 0.3) is 11.0 Å². The number of ether oxygens (including phenoxy) is 3. The molecule has 1 aliphatic heterocycles. The summed E-state index contributed by atoms with van der Waals surface area (Å²) < 4.78 is 48.9. The van der Waals surface area contributed by atoms with Gasteiger partial charge in [-0.2, -0.15) is 4.31 Å². The molecule has 166 valence electrons. The molecule has 11 heteroatoms. The average Bonchev–Trinajstić information content (AvgIpc) is 3.28. The van der Waals surface area contributed by atoms with Crippen LogP contribution in [0.2, 0.25) is 0 Å². The van der Waals surface area contributed by atoms with Crippen LogP contribution in [0.15, 0.2) is 39.9 Å². The average molecular weight is 449 g/mol. The van der Waals surface area contributed by atoms with Gasteiger partial charge in [-0.3, -0.25) is 4.90 Å². The van der Waals surface area contributed by atoms with E-state index in [1.54, 1.807) is 33.5 Å². The number of rotatable bonds is 7. The highest BCUT2D eigenvalue weighted by atomic mass is 32.2. The van der Waals surface area contributed by atoms with E-state index in [4.69, 9.17) is 18.8 Å². The monoisotopic (exact) mass is 448 g/mol. The fourth-order valence-electron chi connectivity index (χ4n) is 3.79. The van der Waals surface area contributed by atoms with Gasteiger partial charge in [0.2, 0.25) is 15.8 Å². The van der Waals surface area contributed by atoms with Gasteiger partial charge in [-0.1, -0.05) is 12.1 Å². The number of piperazine rings is 1. The molecule has 1 fully saturated rings. The number of hydrogen-bond donors (Lipinski definition) is 0. The Bertz CT molecular complexity index is 1170. The lowest BCUT2D eigenvalue weighted by atomic mass is 10.1. The zero-order chi connectivity index (χ0) is 22.0. The lowest BCUT2D eigenvalue weighted by molar-refractivity contribution is 0.179. The maximum atomic E-state index is 13.2. The van der Waals surface area contributed by atoms with E-state index in [1.807, 2.05) is 12.1 Å². The molecular weight excluding hydrogens is 424 g/mol. The van der Waals surface area contributed by atoms with E-state index in [0.717, 1.165) is 5.56 Å². The van der Waals surface area contributed by atoms with Gasteiger partial charge in [-0.05, 0) is 28.5 Å². The Morgan fingerprint density at radius 3 is 2.35 bits per heavy atom. The molecule has 0 atom stereocenters. The number of fused-ring (bicyclic) bond motifs is 1. The van der Waals surface area contributed by atoms with E-state index < -0.39 is 10.0 Å². The Hall–Kier alpha value is -2.89. The summed E-state index contributed by atoms with van der Waals surface area (Å²) in [4.78, 5) is 2.29. The van der Waals surface area contributed by atoms with Crippen molar-refractivity contribution in [1.29, 1.82) is 0 Å². The third-order valence-corrected chi connectivity index (χ3v) is 7.31. The minimum absolute atomic E-state index is 0.112. The highest BCUT2D eigenvalue weighted by Crippen LogP contribution is 2.40. The van der Waals surface area contributed by atoms with Gasteiger partial charge in [-0.25, -0.2) is 13.0 Å². The second kappa shape index (κ2) is 8.69. The number of sulfonamides is 1. The third kappa shape index (κ3) is 3.91. The van der Waals surface area contributed by atoms with E-state index >= 15 is 0 Å². The van der Waals surface area contributed by atoms with Crippen molar-refractivity contribution >= 4 is 21.1 Å². The highest BCUT2D eigenvalue weighted by molar-refractivity contribution is 7.89. The molecule has 1 aromatic heterocycles. The fourth-order valence-corrected chi connectivity index (χ4v) is 5.34. The second-order valence-corrected chi connectivity index (χ2v) is 8.97. The van der Waals surface area contributed by atoms with Crippen LogP contribution < -0.4 is 14.2 Å². The van der Waals surface area contributed by atoms with Crippen LogP contribution in [0.3, 0.4) is 0 Å². The summed E-state index contributed by atoms with van der Waals surface area (Å²) in [6.45, 7) is 2.47. The van der Waals surface area contributed by atoms with Crippen molar-refractivity contribution < 1.29 is 27.3 Å². The lowest BCUT2D eigenvalue weighted by Gasteiger charge is -2.34. The Morgan fingerprint density at radius 2 is 1.68 bits per heavy atom. The predicted octanol–water partition coefficient (Wildman–Crippen LogP) is 1.76. The molecule has 2 heterocycles. The fraction of sp³-hybridized carbons (Fsp3) is 0.400. The number of hydrogen-bond acceptors (Lipinski definition) is 9. The molecule has 0 N–H and O–H groups in total. The Labute approximate surface area is 180 Å². The summed E-state index contributed by atoms with van der Waals surface area (Å²) in [7, 11) is 1.03. The number of methoxy groups -OCH3 is 3. The van der Waals surface area contributed by atoms with E-state index in [2.05, 4.69) is 15.2 Å². The van der Waals surface area contributed by atoms with Crippen LogP contribution in [0.1, 0.15) is 5.56 Å². The molecule has 0 bridgehead atoms. The molecule has 4 rings (SSSR count). The van der Waals surface area contributed by atoms with E-state index in [0.29, 0.717) is 55.5 Å². The summed E-state index contributed by atoms with van der Waals surface area (Å²) in [6, 6.07) is 8.60. The van der Waals surface area contributed by atoms with Crippen molar-refractivity contribution in [2.75, 3.05) is 47.5 Å². The zero-order valence-corrected chi connectivity index (χ0v) is 18.4. The summed E-state index contributed by atoms with van der Waals surface area (Å²) in [5, 5.41) is 7.49. The first-order valence-electron chi connectivity index (χ1n) is 9.71. The molecule has 2 aromatic carbocycles. The van der Waals surface area contributed by atoms with E-state index in [9.17, 15) is 8.42 Å². The minimum Gasteiger partial charge on any atom is -0.493 e. The van der Waals surface area contributed by atoms with Crippen molar-refractivity contribution in [2.24, 2.45) is 0 Å². The second-order valence-electron chi connectivity index (χ2n) is 7.06. The number of benzene rings is 2. The van der Waals surface area contributed by atoms with Gasteiger partial charge in [-0.15, -0.1) is 0 Å². The van der Waals surface area contributed by atoms with Crippen molar-refractivity contribution in [1.82, 2.24) is 19.5 Å². The molecule has 3 aromatic rings. The van der Waals surface area contributed by atoms with Gasteiger partial charge in [0, 0.05) is 38.3 Å². The summed E-state index contributed by atoms with van der Waals surface area (Å²) >= 11 is 0. The van der Waals surface area contributed by atoms with Gasteiger partial charge in [0.1, 0.15) is 10.4 Å². The summed E-state index contributed by atoms with van der Waals surface area (Å²) in [5.41, 5.74) is 1.61. The van der Waals surface area contributed by atoms with Crippen molar-refractivity contribution in [3.05, 3.63) is 35.9 Å². The standard InChI is InChI=1S/C20H24N4O6S/c1-27-16-8-7-14(19(28-2)20(16)29-3)13-23-9-11-24(12-10-23)31(25,26)17-6-4-5-15-18(17)22-30-21-15/h4-8H,9-13H2,1-3H3. The molecule has 0 unspecified atom stereocenters. The molecule has 0 spiro atoms. The van der Waals surface area contributed by atoms with Crippen molar-refractivity contribution in [3.63, 3.8) is 0 Å². The van der Waals surface area contributed by atoms with Crippen LogP contribution in [0.4, 0.5) is 0 Å². The normalized spacial score (nSPS) is 15.8. The molecule has 0 saturated carbocycles. The van der Waals surface area contributed by atoms with Crippen LogP contribution in [-0.4, -0.2) is 75.4 Å². The SMILES string of the molecule is COc1ccc(CN2CCN(S(=O)(=O)c3cccc4nonc34)CC2)c(OC)c1OC. The van der Waals surface area contributed by atoms with Gasteiger partial charge in [0.05, 0.1) is 21.3 Å². The molecule has 1 aliphatic rings. The van der Waals surface area contributed by atoms with Crippen LogP contribution >= 0.6 is 0 Å². The first-order chi connectivity index (χ1) is 15.0. The van der Waals surface area contributed by atoms with E-state index in [-0.39, 0.29) is 10.4 Å². The maximum Gasteiger partial charge on any atom is 0.245 e. The topological polar surface area (TPSA) is 107 Å². The Morgan fingerprint density at radius 1 is 0.935 bits per heavy atom. The minimum atomic E-state index is -3.70. The quantitative estimate of drug-likeness (QED) is 0.534. The first-order valence-corrected chi connectivity index (χ1v) is 11.1. The molecule has 0 radical (unpaired) electrons. The first kappa shape index (κ1) is 21.3. The van der Waals surface area contributed by atoms with Crippen LogP contribution in [-0.2, 0) is 16.6 Å². The molecule has 10 nitrogen and oxygen atoms in total. The van der Waals surface area contributed by atoms with Crippen molar-refractivity contribution in [2.45, 2.75) is 11.4 Å². The molecule has 1 saturated heterocycles. The number of aromatic nitrogens is 2. The van der Waals surface area contributed by atoms with Gasteiger partial charge < -0.3 is 14.2 Å². The number of nitrogens with zero attached hydrogens (tertiary/aromatic N) is 4. The summed E-state index contributed by atoms with van der Waals surface area (Å²) in [5.74, 6) is 1.75. The molecular formula is C20H24N4O6S. The van der Waals surface area contributed by atoms with Crippen molar-refractivity contribution in [3.8, 4) is 17.2 Å². The third-order valence-electron chi connectivity index (χ3n) is 5.38. The zero-order valence-electron chi connectivity index (χ0n) is 17.6. The molecule has 0 amide bonds. The Balaban J connectivity index is 1.49. The molecule has 0 aliphatic carbocycles. The van der Waals surface area contributed by atoms with Crippen LogP contribution in [0, 0.1) is 0 Å². The van der Waals surface area contributed by atoms with Crippen LogP contribution in [0.5, 0.6) is 17.2 Å². The van der Waals surface area contributed by atoms with E-state index in [1.165, 1.54) is 10.4 Å². The largest absolute Gasteiger partial charge is 0.493 e. The molecule has 31 heavy (non-hydrogen) atoms. The summed E-state index contributed by atoms with van der Waals surface area (Å²) in [6.07, 6.45) is 0. The maximum absolute atomic E-state index is 13.2. The van der Waals surface area contributed by atoms with Gasteiger partial charge in [0.25, 0.3) is 0 Å². The lowest BCUT2D eigenvalue weighted by Crippen LogP contribution is -2.48. The smallest absolute Gasteiger partial charge is 0.245 e. The Kier molecular flexibility index (Phi) is 5.99.